The molecule has 1 aromatic carbocycles. The van der Waals surface area contributed by atoms with Gasteiger partial charge in [0.25, 0.3) is 0 Å². The predicted octanol–water partition coefficient (Wildman–Crippen LogP) is 2.98. The highest BCUT2D eigenvalue weighted by molar-refractivity contribution is 5.87. The first-order valence-electron chi connectivity index (χ1n) is 8.35. The van der Waals surface area contributed by atoms with E-state index in [1.807, 2.05) is 40.1 Å². The van der Waals surface area contributed by atoms with Crippen LogP contribution in [0.4, 0.5) is 0 Å². The van der Waals surface area contributed by atoms with Gasteiger partial charge >= 0.3 is 5.97 Å². The second-order valence-electron chi connectivity index (χ2n) is 6.28. The molecule has 5 nitrogen and oxygen atoms in total. The summed E-state index contributed by atoms with van der Waals surface area (Å²) in [5, 5.41) is 9.14. The fourth-order valence-electron chi connectivity index (χ4n) is 3.30. The number of aryl methyl sites for hydroxylation is 1. The van der Waals surface area contributed by atoms with Gasteiger partial charge in [0.1, 0.15) is 0 Å². The standard InChI is InChI=1S/C19H22N2O3/c22-18(8-12-20-9-1-2-10-20)21-11-4-7-17(14-21)15-5-3-6-16(13-15)19(23)24/h1-3,5-6,9-10,13,17H,4,7-8,11-12,14H2,(H,23,24)/t17-/m1/s1. The summed E-state index contributed by atoms with van der Waals surface area (Å²) >= 11 is 0. The second kappa shape index (κ2) is 7.34. The van der Waals surface area contributed by atoms with Crippen LogP contribution in [0.1, 0.15) is 41.1 Å². The molecule has 0 radical (unpaired) electrons. The van der Waals surface area contributed by atoms with Crippen molar-refractivity contribution in [2.75, 3.05) is 13.1 Å². The summed E-state index contributed by atoms with van der Waals surface area (Å²) in [5.41, 5.74) is 1.32. The Bertz CT molecular complexity index is 709. The van der Waals surface area contributed by atoms with E-state index in [4.69, 9.17) is 5.11 Å². The number of carboxylic acids is 1. The van der Waals surface area contributed by atoms with Crippen LogP contribution in [0.5, 0.6) is 0 Å². The molecule has 1 N–H and O–H groups in total. The van der Waals surface area contributed by atoms with Gasteiger partial charge in [-0.2, -0.15) is 0 Å². The van der Waals surface area contributed by atoms with Crippen molar-refractivity contribution in [2.24, 2.45) is 0 Å². The summed E-state index contributed by atoms with van der Waals surface area (Å²) in [6, 6.07) is 11.0. The predicted molar refractivity (Wildman–Crippen MR) is 91.0 cm³/mol. The molecule has 0 saturated carbocycles. The number of benzene rings is 1. The monoisotopic (exact) mass is 326 g/mol. The normalized spacial score (nSPS) is 17.7. The maximum Gasteiger partial charge on any atom is 0.335 e. The Morgan fingerprint density at radius 3 is 2.71 bits per heavy atom. The van der Waals surface area contributed by atoms with Crippen LogP contribution in [0, 0.1) is 0 Å². The average molecular weight is 326 g/mol. The van der Waals surface area contributed by atoms with E-state index in [2.05, 4.69) is 0 Å². The Balaban J connectivity index is 1.62. The number of aromatic nitrogens is 1. The van der Waals surface area contributed by atoms with Gasteiger partial charge in [0, 0.05) is 44.4 Å². The topological polar surface area (TPSA) is 62.5 Å². The maximum atomic E-state index is 12.5. The van der Waals surface area contributed by atoms with Crippen molar-refractivity contribution in [3.8, 4) is 0 Å². The molecule has 1 atom stereocenters. The zero-order valence-corrected chi connectivity index (χ0v) is 13.6. The zero-order valence-electron chi connectivity index (χ0n) is 13.6. The minimum absolute atomic E-state index is 0.169. The minimum Gasteiger partial charge on any atom is -0.478 e. The van der Waals surface area contributed by atoms with Crippen molar-refractivity contribution in [2.45, 2.75) is 31.7 Å². The lowest BCUT2D eigenvalue weighted by Gasteiger charge is -2.33. The Labute approximate surface area is 141 Å². The molecule has 5 heteroatoms. The van der Waals surface area contributed by atoms with Gasteiger partial charge in [-0.05, 0) is 42.7 Å². The number of aromatic carboxylic acids is 1. The molecule has 24 heavy (non-hydrogen) atoms. The number of rotatable bonds is 5. The molecule has 0 bridgehead atoms. The van der Waals surface area contributed by atoms with Crippen LogP contribution < -0.4 is 0 Å². The van der Waals surface area contributed by atoms with Crippen LogP contribution in [-0.4, -0.2) is 39.5 Å². The first-order chi connectivity index (χ1) is 11.6. The molecule has 126 valence electrons. The summed E-state index contributed by atoms with van der Waals surface area (Å²) in [7, 11) is 0. The Kier molecular flexibility index (Phi) is 4.99. The van der Waals surface area contributed by atoms with Gasteiger partial charge in [-0.3, -0.25) is 4.79 Å². The third-order valence-corrected chi connectivity index (χ3v) is 4.63. The summed E-state index contributed by atoms with van der Waals surface area (Å²) in [5.74, 6) is -0.524. The Morgan fingerprint density at radius 1 is 1.17 bits per heavy atom. The van der Waals surface area contributed by atoms with Gasteiger partial charge in [-0.15, -0.1) is 0 Å². The summed E-state index contributed by atoms with van der Waals surface area (Å²) in [6.07, 6.45) is 6.37. The van der Waals surface area contributed by atoms with Crippen LogP contribution in [0.15, 0.2) is 48.8 Å². The molecule has 1 fully saturated rings. The van der Waals surface area contributed by atoms with Crippen molar-refractivity contribution >= 4 is 11.9 Å². The average Bonchev–Trinajstić information content (AvgIpc) is 3.13. The van der Waals surface area contributed by atoms with E-state index >= 15 is 0 Å². The lowest BCUT2D eigenvalue weighted by Crippen LogP contribution is -2.39. The third-order valence-electron chi connectivity index (χ3n) is 4.63. The van der Waals surface area contributed by atoms with Crippen molar-refractivity contribution in [1.82, 2.24) is 9.47 Å². The van der Waals surface area contributed by atoms with Gasteiger partial charge in [0.05, 0.1) is 5.56 Å². The first kappa shape index (κ1) is 16.3. The number of hydrogen-bond acceptors (Lipinski definition) is 2. The molecule has 2 heterocycles. The molecule has 1 amide bonds. The zero-order chi connectivity index (χ0) is 16.9. The molecule has 0 spiro atoms. The molecule has 0 unspecified atom stereocenters. The summed E-state index contributed by atoms with van der Waals surface area (Å²) in [4.78, 5) is 25.5. The molecular formula is C19H22N2O3. The van der Waals surface area contributed by atoms with E-state index in [1.165, 1.54) is 0 Å². The van der Waals surface area contributed by atoms with E-state index in [1.54, 1.807) is 18.2 Å². The quantitative estimate of drug-likeness (QED) is 0.919. The van der Waals surface area contributed by atoms with E-state index in [0.29, 0.717) is 25.1 Å². The fraction of sp³-hybridized carbons (Fsp3) is 0.368. The van der Waals surface area contributed by atoms with Crippen molar-refractivity contribution in [3.63, 3.8) is 0 Å². The van der Waals surface area contributed by atoms with Crippen LogP contribution in [0.3, 0.4) is 0 Å². The van der Waals surface area contributed by atoms with Crippen LogP contribution in [0.25, 0.3) is 0 Å². The maximum absolute atomic E-state index is 12.5. The Morgan fingerprint density at radius 2 is 1.96 bits per heavy atom. The summed E-state index contributed by atoms with van der Waals surface area (Å²) in [6.45, 7) is 2.16. The van der Waals surface area contributed by atoms with E-state index in [-0.39, 0.29) is 11.8 Å². The van der Waals surface area contributed by atoms with Gasteiger partial charge < -0.3 is 14.6 Å². The highest BCUT2D eigenvalue weighted by Gasteiger charge is 2.25. The number of nitrogens with zero attached hydrogens (tertiary/aromatic N) is 2. The lowest BCUT2D eigenvalue weighted by atomic mass is 9.89. The van der Waals surface area contributed by atoms with Crippen molar-refractivity contribution in [3.05, 3.63) is 59.9 Å². The molecule has 1 saturated heterocycles. The number of amides is 1. The van der Waals surface area contributed by atoms with Gasteiger partial charge in [-0.1, -0.05) is 12.1 Å². The lowest BCUT2D eigenvalue weighted by molar-refractivity contribution is -0.132. The number of likely N-dealkylation sites (tertiary alicyclic amines) is 1. The van der Waals surface area contributed by atoms with E-state index in [9.17, 15) is 9.59 Å². The summed E-state index contributed by atoms with van der Waals surface area (Å²) < 4.78 is 2.01. The van der Waals surface area contributed by atoms with Crippen LogP contribution >= 0.6 is 0 Å². The van der Waals surface area contributed by atoms with Crippen LogP contribution in [0.2, 0.25) is 0 Å². The molecular weight excluding hydrogens is 304 g/mol. The first-order valence-corrected chi connectivity index (χ1v) is 8.35. The second-order valence-corrected chi connectivity index (χ2v) is 6.28. The largest absolute Gasteiger partial charge is 0.478 e. The fourth-order valence-corrected chi connectivity index (χ4v) is 3.30. The van der Waals surface area contributed by atoms with Crippen LogP contribution in [-0.2, 0) is 11.3 Å². The number of hydrogen-bond donors (Lipinski definition) is 1. The van der Waals surface area contributed by atoms with Gasteiger partial charge in [0.2, 0.25) is 5.91 Å². The van der Waals surface area contributed by atoms with Gasteiger partial charge in [-0.25, -0.2) is 4.79 Å². The van der Waals surface area contributed by atoms with Crippen molar-refractivity contribution < 1.29 is 14.7 Å². The molecule has 1 aliphatic rings. The number of carboxylic acid groups (broad SMARTS) is 1. The highest BCUT2D eigenvalue weighted by Crippen LogP contribution is 2.27. The highest BCUT2D eigenvalue weighted by atomic mass is 16.4. The number of piperidine rings is 1. The van der Waals surface area contributed by atoms with Crippen molar-refractivity contribution in [1.29, 1.82) is 0 Å². The SMILES string of the molecule is O=C(O)c1cccc([C@@H]2CCCN(C(=O)CCn3cccc3)C2)c1. The molecule has 1 aliphatic heterocycles. The molecule has 3 rings (SSSR count). The van der Waals surface area contributed by atoms with E-state index < -0.39 is 5.97 Å². The number of carbonyl (C=O) groups excluding carboxylic acids is 1. The van der Waals surface area contributed by atoms with Gasteiger partial charge in [0.15, 0.2) is 0 Å². The molecule has 0 aliphatic carbocycles. The smallest absolute Gasteiger partial charge is 0.335 e. The molecule has 2 aromatic rings. The number of carbonyl (C=O) groups is 2. The Hall–Kier alpha value is -2.56. The third kappa shape index (κ3) is 3.85. The molecule has 1 aromatic heterocycles. The van der Waals surface area contributed by atoms with E-state index in [0.717, 1.165) is 24.9 Å². The minimum atomic E-state index is -0.910.